The van der Waals surface area contributed by atoms with Gasteiger partial charge in [-0.2, -0.15) is 0 Å². The van der Waals surface area contributed by atoms with Crippen LogP contribution in [0.5, 0.6) is 5.75 Å². The predicted octanol–water partition coefficient (Wildman–Crippen LogP) is 5.98. The number of methoxy groups -OCH3 is 1. The van der Waals surface area contributed by atoms with Crippen molar-refractivity contribution in [2.24, 2.45) is 0 Å². The molecule has 2 rings (SSSR count). The van der Waals surface area contributed by atoms with E-state index in [1.807, 2.05) is 57.2 Å². The quantitative estimate of drug-likeness (QED) is 0.687. The molecule has 0 aromatic heterocycles. The molecule has 3 heteroatoms. The molecule has 0 aliphatic rings. The summed E-state index contributed by atoms with van der Waals surface area (Å²) in [7, 11) is 1.63. The molecular formula is C23H31NO2. The van der Waals surface area contributed by atoms with Crippen LogP contribution in [0.4, 0.5) is 5.69 Å². The van der Waals surface area contributed by atoms with Crippen molar-refractivity contribution in [3.8, 4) is 5.75 Å². The number of aryl methyl sites for hydroxylation is 1. The van der Waals surface area contributed by atoms with Gasteiger partial charge in [0.15, 0.2) is 0 Å². The van der Waals surface area contributed by atoms with Crippen molar-refractivity contribution in [2.75, 3.05) is 12.4 Å². The van der Waals surface area contributed by atoms with E-state index in [1.54, 1.807) is 13.2 Å². The minimum Gasteiger partial charge on any atom is -0.497 e. The van der Waals surface area contributed by atoms with Crippen LogP contribution in [0.25, 0.3) is 6.08 Å². The Bertz CT molecular complexity index is 738. The first kappa shape index (κ1) is 21.5. The van der Waals surface area contributed by atoms with E-state index in [9.17, 15) is 4.79 Å². The van der Waals surface area contributed by atoms with E-state index in [2.05, 4.69) is 38.2 Å². The molecule has 140 valence electrons. The topological polar surface area (TPSA) is 38.3 Å². The summed E-state index contributed by atoms with van der Waals surface area (Å²) >= 11 is 0. The number of benzene rings is 2. The van der Waals surface area contributed by atoms with Crippen molar-refractivity contribution in [1.82, 2.24) is 0 Å². The Kier molecular flexibility index (Phi) is 8.11. The predicted molar refractivity (Wildman–Crippen MR) is 112 cm³/mol. The highest BCUT2D eigenvalue weighted by Crippen LogP contribution is 2.23. The first-order valence-electron chi connectivity index (χ1n) is 9.04. The van der Waals surface area contributed by atoms with Gasteiger partial charge >= 0.3 is 0 Å². The van der Waals surface area contributed by atoms with E-state index >= 15 is 0 Å². The molecule has 0 fully saturated rings. The molecule has 1 amide bonds. The molecule has 1 N–H and O–H groups in total. The minimum absolute atomic E-state index is 0.130. The maximum absolute atomic E-state index is 12.1. The maximum atomic E-state index is 12.1. The lowest BCUT2D eigenvalue weighted by atomic mass is 9.87. The molecule has 3 nitrogen and oxygen atoms in total. The molecule has 2 aromatic rings. The third-order valence-electron chi connectivity index (χ3n) is 3.90. The Morgan fingerprint density at radius 1 is 1.04 bits per heavy atom. The fourth-order valence-electron chi connectivity index (χ4n) is 2.34. The zero-order valence-corrected chi connectivity index (χ0v) is 17.0. The zero-order valence-electron chi connectivity index (χ0n) is 17.0. The monoisotopic (exact) mass is 353 g/mol. The molecule has 2 aromatic carbocycles. The Hall–Kier alpha value is -2.55. The van der Waals surface area contributed by atoms with Gasteiger partial charge in [0.1, 0.15) is 5.75 Å². The van der Waals surface area contributed by atoms with Crippen molar-refractivity contribution in [3.63, 3.8) is 0 Å². The lowest BCUT2D eigenvalue weighted by Gasteiger charge is -2.18. The second-order valence-corrected chi connectivity index (χ2v) is 6.88. The zero-order chi connectivity index (χ0) is 19.7. The number of carbonyl (C=O) groups is 1. The minimum atomic E-state index is -0.150. The third-order valence-corrected chi connectivity index (χ3v) is 3.90. The van der Waals surface area contributed by atoms with Gasteiger partial charge in [0, 0.05) is 11.8 Å². The fraction of sp³-hybridized carbons (Fsp3) is 0.348. The average molecular weight is 354 g/mol. The molecule has 0 bridgehead atoms. The standard InChI is InChI=1S/C21H25NO2.C2H6/c1-15-14-18(24-5)11-12-19(15)22-20(23)13-8-16-6-9-17(10-7-16)21(2,3)4;1-2/h6-14H,1-5H3,(H,22,23);1-2H3/b13-8+;. The van der Waals surface area contributed by atoms with Crippen molar-refractivity contribution < 1.29 is 9.53 Å². The SMILES string of the molecule is CC.COc1ccc(NC(=O)/C=C/c2ccc(C(C)(C)C)cc2)c(C)c1. The number of hydrogen-bond donors (Lipinski definition) is 1. The largest absolute Gasteiger partial charge is 0.497 e. The highest BCUT2D eigenvalue weighted by atomic mass is 16.5. The maximum Gasteiger partial charge on any atom is 0.248 e. The lowest BCUT2D eigenvalue weighted by molar-refractivity contribution is -0.111. The Morgan fingerprint density at radius 2 is 1.65 bits per heavy atom. The second kappa shape index (κ2) is 9.81. The molecule has 0 spiro atoms. The first-order chi connectivity index (χ1) is 12.3. The van der Waals surface area contributed by atoms with Crippen molar-refractivity contribution >= 4 is 17.7 Å². The number of amides is 1. The van der Waals surface area contributed by atoms with Crippen LogP contribution in [0.15, 0.2) is 48.5 Å². The van der Waals surface area contributed by atoms with Gasteiger partial charge < -0.3 is 10.1 Å². The summed E-state index contributed by atoms with van der Waals surface area (Å²) in [4.78, 5) is 12.1. The molecule has 0 heterocycles. The molecule has 0 aliphatic heterocycles. The van der Waals surface area contributed by atoms with Crippen LogP contribution in [0.3, 0.4) is 0 Å². The van der Waals surface area contributed by atoms with E-state index in [1.165, 1.54) is 5.56 Å². The van der Waals surface area contributed by atoms with Gasteiger partial charge in [-0.25, -0.2) is 0 Å². The van der Waals surface area contributed by atoms with Gasteiger partial charge in [-0.05, 0) is 53.3 Å². The Morgan fingerprint density at radius 3 is 2.15 bits per heavy atom. The number of rotatable bonds is 4. The summed E-state index contributed by atoms with van der Waals surface area (Å²) in [5.41, 5.74) is 4.16. The van der Waals surface area contributed by atoms with Crippen molar-refractivity contribution in [2.45, 2.75) is 47.0 Å². The van der Waals surface area contributed by atoms with Crippen LogP contribution in [-0.4, -0.2) is 13.0 Å². The summed E-state index contributed by atoms with van der Waals surface area (Å²) in [6.07, 6.45) is 3.37. The van der Waals surface area contributed by atoms with Crippen LogP contribution in [-0.2, 0) is 10.2 Å². The summed E-state index contributed by atoms with van der Waals surface area (Å²) in [5.74, 6) is 0.628. The molecular weight excluding hydrogens is 322 g/mol. The molecule has 0 unspecified atom stereocenters. The summed E-state index contributed by atoms with van der Waals surface area (Å²) < 4.78 is 5.17. The Balaban J connectivity index is 0.00000163. The summed E-state index contributed by atoms with van der Waals surface area (Å²) in [5, 5.41) is 2.89. The number of hydrogen-bond acceptors (Lipinski definition) is 2. The van der Waals surface area contributed by atoms with E-state index in [4.69, 9.17) is 4.74 Å². The molecule has 26 heavy (non-hydrogen) atoms. The fourth-order valence-corrected chi connectivity index (χ4v) is 2.34. The van der Waals surface area contributed by atoms with Crippen LogP contribution in [0.1, 0.15) is 51.3 Å². The molecule has 0 saturated carbocycles. The van der Waals surface area contributed by atoms with Crippen LogP contribution in [0.2, 0.25) is 0 Å². The van der Waals surface area contributed by atoms with Gasteiger partial charge in [0.2, 0.25) is 5.91 Å². The first-order valence-corrected chi connectivity index (χ1v) is 9.04. The number of anilines is 1. The summed E-state index contributed by atoms with van der Waals surface area (Å²) in [6, 6.07) is 13.8. The van der Waals surface area contributed by atoms with Gasteiger partial charge in [0.25, 0.3) is 0 Å². The number of carbonyl (C=O) groups excluding carboxylic acids is 1. The van der Waals surface area contributed by atoms with Gasteiger partial charge in [-0.3, -0.25) is 4.79 Å². The van der Waals surface area contributed by atoms with Crippen LogP contribution in [0, 0.1) is 6.92 Å². The molecule has 0 atom stereocenters. The normalized spacial score (nSPS) is 10.9. The molecule has 0 aliphatic carbocycles. The van der Waals surface area contributed by atoms with Gasteiger partial charge in [0.05, 0.1) is 7.11 Å². The van der Waals surface area contributed by atoms with Gasteiger partial charge in [-0.1, -0.05) is 58.9 Å². The van der Waals surface area contributed by atoms with Gasteiger partial charge in [-0.15, -0.1) is 0 Å². The second-order valence-electron chi connectivity index (χ2n) is 6.88. The van der Waals surface area contributed by atoms with E-state index in [-0.39, 0.29) is 11.3 Å². The average Bonchev–Trinajstić information content (AvgIpc) is 2.63. The van der Waals surface area contributed by atoms with E-state index < -0.39 is 0 Å². The summed E-state index contributed by atoms with van der Waals surface area (Å²) in [6.45, 7) is 12.5. The lowest BCUT2D eigenvalue weighted by Crippen LogP contribution is -2.10. The molecule has 0 radical (unpaired) electrons. The van der Waals surface area contributed by atoms with E-state index in [0.717, 1.165) is 22.6 Å². The number of nitrogens with one attached hydrogen (secondary N) is 1. The highest BCUT2D eigenvalue weighted by Gasteiger charge is 2.12. The Labute approximate surface area is 158 Å². The highest BCUT2D eigenvalue weighted by molar-refractivity contribution is 6.02. The molecule has 0 saturated heterocycles. The number of ether oxygens (including phenoxy) is 1. The van der Waals surface area contributed by atoms with Crippen molar-refractivity contribution in [1.29, 1.82) is 0 Å². The third kappa shape index (κ3) is 6.40. The van der Waals surface area contributed by atoms with Crippen molar-refractivity contribution in [3.05, 3.63) is 65.2 Å². The van der Waals surface area contributed by atoms with E-state index in [0.29, 0.717) is 0 Å². The smallest absolute Gasteiger partial charge is 0.248 e. The van der Waals surface area contributed by atoms with Crippen LogP contribution < -0.4 is 10.1 Å². The van der Waals surface area contributed by atoms with Crippen LogP contribution >= 0.6 is 0 Å².